The lowest BCUT2D eigenvalue weighted by Crippen LogP contribution is -2.13. The minimum atomic E-state index is -0.357. The Balaban J connectivity index is 0.00000225. The summed E-state index contributed by atoms with van der Waals surface area (Å²) in [4.78, 5) is 24.0. The van der Waals surface area contributed by atoms with Gasteiger partial charge >= 0.3 is 5.63 Å². The average Bonchev–Trinajstić information content (AvgIpc) is 2.57. The summed E-state index contributed by atoms with van der Waals surface area (Å²) in [7, 11) is 0. The van der Waals surface area contributed by atoms with Crippen LogP contribution in [0.15, 0.2) is 57.7 Å². The fourth-order valence-corrected chi connectivity index (χ4v) is 2.44. The Labute approximate surface area is 140 Å². The molecule has 124 valence electrons. The molecule has 2 aromatic carbocycles. The van der Waals surface area contributed by atoms with Gasteiger partial charge in [-0.15, -0.1) is 0 Å². The molecule has 3 aromatic rings. The highest BCUT2D eigenvalue weighted by Gasteiger charge is 2.12. The summed E-state index contributed by atoms with van der Waals surface area (Å²) in [5, 5.41) is 3.60. The Kier molecular flexibility index (Phi) is 4.33. The smallest absolute Gasteiger partial charge is 0.339 e. The van der Waals surface area contributed by atoms with Gasteiger partial charge in [0, 0.05) is 18.1 Å². The minimum Gasteiger partial charge on any atom is -0.493 e. The molecule has 0 radical (unpaired) electrons. The van der Waals surface area contributed by atoms with Gasteiger partial charge in [-0.1, -0.05) is 12.1 Å². The number of aryl methyl sites for hydroxylation is 1. The molecule has 0 spiro atoms. The van der Waals surface area contributed by atoms with Crippen LogP contribution in [0, 0.1) is 6.92 Å². The number of fused-ring (bicyclic) bond motifs is 1. The van der Waals surface area contributed by atoms with Crippen molar-refractivity contribution >= 4 is 22.6 Å². The van der Waals surface area contributed by atoms with E-state index in [1.165, 1.54) is 0 Å². The van der Waals surface area contributed by atoms with Crippen molar-refractivity contribution in [2.75, 3.05) is 11.9 Å². The number of benzene rings is 2. The van der Waals surface area contributed by atoms with Crippen LogP contribution in [0.25, 0.3) is 11.0 Å². The molecule has 5 nitrogen and oxygen atoms in total. The van der Waals surface area contributed by atoms with E-state index in [-0.39, 0.29) is 13.0 Å². The Morgan fingerprint density at radius 2 is 2.00 bits per heavy atom. The van der Waals surface area contributed by atoms with E-state index in [1.54, 1.807) is 49.4 Å². The SMILES string of the molecule is CCOc1ccccc1C(=O)Nc1ccc2oc(=O)c(C)cc2c1.[HH]. The largest absolute Gasteiger partial charge is 0.493 e. The van der Waals surface area contributed by atoms with Gasteiger partial charge in [-0.3, -0.25) is 4.79 Å². The maximum Gasteiger partial charge on any atom is 0.339 e. The maximum atomic E-state index is 12.5. The third-order valence-corrected chi connectivity index (χ3v) is 3.60. The summed E-state index contributed by atoms with van der Waals surface area (Å²) in [5.41, 5.74) is 1.73. The van der Waals surface area contributed by atoms with Crippen LogP contribution in [-0.4, -0.2) is 12.5 Å². The van der Waals surface area contributed by atoms with Gasteiger partial charge < -0.3 is 14.5 Å². The van der Waals surface area contributed by atoms with E-state index in [0.29, 0.717) is 34.8 Å². The molecule has 0 aliphatic heterocycles. The van der Waals surface area contributed by atoms with Gasteiger partial charge in [0.25, 0.3) is 5.91 Å². The highest BCUT2D eigenvalue weighted by Crippen LogP contribution is 2.22. The van der Waals surface area contributed by atoms with Crippen molar-refractivity contribution in [1.29, 1.82) is 0 Å². The first kappa shape index (κ1) is 15.8. The molecule has 1 amide bonds. The molecule has 0 aliphatic carbocycles. The topological polar surface area (TPSA) is 68.5 Å². The molecule has 0 atom stereocenters. The Bertz CT molecular complexity index is 965. The van der Waals surface area contributed by atoms with Crippen molar-refractivity contribution in [3.05, 3.63) is 70.1 Å². The van der Waals surface area contributed by atoms with E-state index in [4.69, 9.17) is 9.15 Å². The van der Waals surface area contributed by atoms with E-state index in [1.807, 2.05) is 13.0 Å². The number of nitrogens with one attached hydrogen (secondary N) is 1. The number of anilines is 1. The third kappa shape index (κ3) is 3.15. The molecule has 0 saturated heterocycles. The Morgan fingerprint density at radius 3 is 2.79 bits per heavy atom. The second-order valence-corrected chi connectivity index (χ2v) is 5.35. The molecule has 1 N–H and O–H groups in total. The number of amides is 1. The first-order chi connectivity index (χ1) is 11.6. The molecule has 0 fully saturated rings. The zero-order valence-corrected chi connectivity index (χ0v) is 13.5. The van der Waals surface area contributed by atoms with E-state index >= 15 is 0 Å². The van der Waals surface area contributed by atoms with Gasteiger partial charge in [0.15, 0.2) is 0 Å². The summed E-state index contributed by atoms with van der Waals surface area (Å²) in [6.07, 6.45) is 0. The summed E-state index contributed by atoms with van der Waals surface area (Å²) in [6, 6.07) is 14.0. The van der Waals surface area contributed by atoms with Crippen LogP contribution >= 0.6 is 0 Å². The number of carbonyl (C=O) groups is 1. The predicted molar refractivity (Wildman–Crippen MR) is 94.9 cm³/mol. The molecule has 1 heterocycles. The Morgan fingerprint density at radius 1 is 1.21 bits per heavy atom. The number of hydrogen-bond acceptors (Lipinski definition) is 4. The van der Waals surface area contributed by atoms with Crippen molar-refractivity contribution in [1.82, 2.24) is 0 Å². The van der Waals surface area contributed by atoms with E-state index in [2.05, 4.69) is 5.32 Å². The standard InChI is InChI=1S/C19H17NO4.H2/c1-3-23-17-7-5-4-6-15(17)18(21)20-14-8-9-16-13(11-14)10-12(2)19(22)24-16;/h4-11H,3H2,1-2H3,(H,20,21);1H. The highest BCUT2D eigenvalue weighted by atomic mass is 16.5. The molecule has 24 heavy (non-hydrogen) atoms. The van der Waals surface area contributed by atoms with E-state index in [9.17, 15) is 9.59 Å². The molecule has 0 bridgehead atoms. The van der Waals surface area contributed by atoms with Crippen LogP contribution in [0.5, 0.6) is 5.75 Å². The molecule has 0 saturated carbocycles. The fraction of sp³-hybridized carbons (Fsp3) is 0.158. The third-order valence-electron chi connectivity index (χ3n) is 3.60. The summed E-state index contributed by atoms with van der Waals surface area (Å²) in [5.74, 6) is 0.285. The summed E-state index contributed by atoms with van der Waals surface area (Å²) < 4.78 is 10.7. The monoisotopic (exact) mass is 325 g/mol. The maximum absolute atomic E-state index is 12.5. The Hall–Kier alpha value is -3.08. The molecular formula is C19H19NO4. The molecule has 0 aliphatic rings. The number of rotatable bonds is 4. The van der Waals surface area contributed by atoms with Crippen molar-refractivity contribution in [2.24, 2.45) is 0 Å². The minimum absolute atomic E-state index is 0. The van der Waals surface area contributed by atoms with Crippen LogP contribution in [0.1, 0.15) is 24.3 Å². The molecule has 5 heteroatoms. The van der Waals surface area contributed by atoms with Crippen LogP contribution in [0.4, 0.5) is 5.69 Å². The van der Waals surface area contributed by atoms with E-state index < -0.39 is 0 Å². The lowest BCUT2D eigenvalue weighted by Gasteiger charge is -2.11. The van der Waals surface area contributed by atoms with Gasteiger partial charge in [0.1, 0.15) is 11.3 Å². The lowest BCUT2D eigenvalue weighted by molar-refractivity contribution is 0.102. The fourth-order valence-electron chi connectivity index (χ4n) is 2.44. The number of para-hydroxylation sites is 1. The van der Waals surface area contributed by atoms with Crippen molar-refractivity contribution in [3.63, 3.8) is 0 Å². The molecule has 1 aromatic heterocycles. The number of hydrogen-bond donors (Lipinski definition) is 1. The summed E-state index contributed by atoms with van der Waals surface area (Å²) in [6.45, 7) is 4.04. The van der Waals surface area contributed by atoms with Crippen LogP contribution in [-0.2, 0) is 0 Å². The van der Waals surface area contributed by atoms with Gasteiger partial charge in [0.05, 0.1) is 12.2 Å². The second-order valence-electron chi connectivity index (χ2n) is 5.35. The molecular weight excluding hydrogens is 306 g/mol. The molecule has 3 rings (SSSR count). The van der Waals surface area contributed by atoms with Crippen molar-refractivity contribution in [2.45, 2.75) is 13.8 Å². The lowest BCUT2D eigenvalue weighted by atomic mass is 10.1. The number of carbonyl (C=O) groups excluding carboxylic acids is 1. The molecule has 0 unspecified atom stereocenters. The van der Waals surface area contributed by atoms with Gasteiger partial charge in [-0.25, -0.2) is 4.79 Å². The normalized spacial score (nSPS) is 10.6. The van der Waals surface area contributed by atoms with Crippen LogP contribution in [0.2, 0.25) is 0 Å². The van der Waals surface area contributed by atoms with Crippen molar-refractivity contribution < 1.29 is 15.4 Å². The van der Waals surface area contributed by atoms with Crippen molar-refractivity contribution in [3.8, 4) is 5.75 Å². The van der Waals surface area contributed by atoms with Crippen LogP contribution < -0.4 is 15.7 Å². The summed E-state index contributed by atoms with van der Waals surface area (Å²) >= 11 is 0. The van der Waals surface area contributed by atoms with Gasteiger partial charge in [-0.05, 0) is 50.2 Å². The number of ether oxygens (including phenoxy) is 1. The predicted octanol–water partition coefficient (Wildman–Crippen LogP) is 4.00. The second kappa shape index (κ2) is 6.58. The zero-order valence-electron chi connectivity index (χ0n) is 13.5. The van der Waals surface area contributed by atoms with E-state index in [0.717, 1.165) is 5.39 Å². The highest BCUT2D eigenvalue weighted by molar-refractivity contribution is 6.06. The average molecular weight is 325 g/mol. The quantitative estimate of drug-likeness (QED) is 0.736. The first-order valence-corrected chi connectivity index (χ1v) is 7.66. The van der Waals surface area contributed by atoms with Gasteiger partial charge in [0.2, 0.25) is 0 Å². The first-order valence-electron chi connectivity index (χ1n) is 7.66. The van der Waals surface area contributed by atoms with Gasteiger partial charge in [-0.2, -0.15) is 0 Å². The van der Waals surface area contributed by atoms with Crippen LogP contribution in [0.3, 0.4) is 0 Å². The zero-order chi connectivity index (χ0) is 17.1.